The van der Waals surface area contributed by atoms with E-state index in [9.17, 15) is 0 Å². The monoisotopic (exact) mass is 222 g/mol. The van der Waals surface area contributed by atoms with Gasteiger partial charge in [-0.25, -0.2) is 4.98 Å². The predicted octanol–water partition coefficient (Wildman–Crippen LogP) is 1.39. The van der Waals surface area contributed by atoms with Crippen molar-refractivity contribution < 1.29 is 0 Å². The van der Waals surface area contributed by atoms with E-state index in [-0.39, 0.29) is 0 Å². The number of piperazine rings is 1. The molecule has 1 aromatic heterocycles. The average Bonchev–Trinajstić information content (AvgIpc) is 2.74. The molecule has 1 aliphatic heterocycles. The third kappa shape index (κ3) is 2.07. The molecule has 4 nitrogen and oxygen atoms in total. The number of rotatable bonds is 3. The lowest BCUT2D eigenvalue weighted by atomic mass is 10.1. The van der Waals surface area contributed by atoms with Crippen LogP contribution in [0.2, 0.25) is 0 Å². The van der Waals surface area contributed by atoms with Crippen molar-refractivity contribution in [2.45, 2.75) is 38.8 Å². The Bertz CT molecular complexity index is 334. The maximum atomic E-state index is 4.47. The van der Waals surface area contributed by atoms with E-state index >= 15 is 0 Å². The second-order valence-corrected chi connectivity index (χ2v) is 4.57. The van der Waals surface area contributed by atoms with E-state index < -0.39 is 0 Å². The van der Waals surface area contributed by atoms with Crippen LogP contribution in [0.4, 0.5) is 5.95 Å². The van der Waals surface area contributed by atoms with Crippen LogP contribution < -0.4 is 10.2 Å². The fraction of sp³-hybridized carbons (Fsp3) is 0.750. The van der Waals surface area contributed by atoms with E-state index in [1.54, 1.807) is 0 Å². The Kier molecular flexibility index (Phi) is 3.49. The standard InChI is InChI=1S/C12H22N4/c1-4-10-9-16(11(5-2)8-14-10)12-13-6-7-15(12)3/h6-7,10-11,14H,4-5,8-9H2,1-3H3. The molecule has 2 rings (SSSR count). The molecule has 2 atom stereocenters. The maximum Gasteiger partial charge on any atom is 0.205 e. The molecule has 1 aliphatic rings. The van der Waals surface area contributed by atoms with Crippen molar-refractivity contribution in [3.63, 3.8) is 0 Å². The topological polar surface area (TPSA) is 33.1 Å². The van der Waals surface area contributed by atoms with Crippen LogP contribution in [0.25, 0.3) is 0 Å². The fourth-order valence-corrected chi connectivity index (χ4v) is 2.38. The third-order valence-electron chi connectivity index (χ3n) is 3.52. The summed E-state index contributed by atoms with van der Waals surface area (Å²) in [5, 5.41) is 3.60. The Hall–Kier alpha value is -1.03. The van der Waals surface area contributed by atoms with Crippen molar-refractivity contribution in [2.75, 3.05) is 18.0 Å². The summed E-state index contributed by atoms with van der Waals surface area (Å²) in [5.74, 6) is 1.10. The van der Waals surface area contributed by atoms with Crippen molar-refractivity contribution in [2.24, 2.45) is 7.05 Å². The highest BCUT2D eigenvalue weighted by molar-refractivity contribution is 5.34. The van der Waals surface area contributed by atoms with E-state index in [4.69, 9.17) is 0 Å². The van der Waals surface area contributed by atoms with Crippen molar-refractivity contribution in [3.8, 4) is 0 Å². The fourth-order valence-electron chi connectivity index (χ4n) is 2.38. The molecule has 2 heterocycles. The molecule has 1 aromatic rings. The second kappa shape index (κ2) is 4.87. The molecule has 0 aliphatic carbocycles. The minimum absolute atomic E-state index is 0.573. The number of nitrogens with one attached hydrogen (secondary N) is 1. The highest BCUT2D eigenvalue weighted by Crippen LogP contribution is 2.19. The van der Waals surface area contributed by atoms with Gasteiger partial charge >= 0.3 is 0 Å². The number of hydrogen-bond acceptors (Lipinski definition) is 3. The lowest BCUT2D eigenvalue weighted by Crippen LogP contribution is -2.56. The quantitative estimate of drug-likeness (QED) is 0.839. The highest BCUT2D eigenvalue weighted by Gasteiger charge is 2.27. The van der Waals surface area contributed by atoms with E-state index in [0.29, 0.717) is 12.1 Å². The minimum atomic E-state index is 0.573. The predicted molar refractivity (Wildman–Crippen MR) is 66.7 cm³/mol. The van der Waals surface area contributed by atoms with Crippen molar-refractivity contribution in [1.29, 1.82) is 0 Å². The number of aryl methyl sites for hydroxylation is 1. The van der Waals surface area contributed by atoms with Crippen LogP contribution >= 0.6 is 0 Å². The van der Waals surface area contributed by atoms with Crippen molar-refractivity contribution >= 4 is 5.95 Å². The van der Waals surface area contributed by atoms with Crippen molar-refractivity contribution in [1.82, 2.24) is 14.9 Å². The number of imidazole rings is 1. The second-order valence-electron chi connectivity index (χ2n) is 4.57. The number of hydrogen-bond donors (Lipinski definition) is 1. The number of aromatic nitrogens is 2. The Labute approximate surface area is 97.7 Å². The summed E-state index contributed by atoms with van der Waals surface area (Å²) in [7, 11) is 2.07. The summed E-state index contributed by atoms with van der Waals surface area (Å²) in [4.78, 5) is 6.92. The smallest absolute Gasteiger partial charge is 0.205 e. The summed E-state index contributed by atoms with van der Waals surface area (Å²) in [6, 6.07) is 1.17. The Morgan fingerprint density at radius 1 is 1.44 bits per heavy atom. The van der Waals surface area contributed by atoms with Gasteiger partial charge in [0.05, 0.1) is 0 Å². The normalized spacial score (nSPS) is 26.1. The van der Waals surface area contributed by atoms with Gasteiger partial charge in [0.1, 0.15) is 0 Å². The van der Waals surface area contributed by atoms with Gasteiger partial charge in [0.2, 0.25) is 5.95 Å². The molecule has 1 N–H and O–H groups in total. The molecule has 1 fully saturated rings. The van der Waals surface area contributed by atoms with E-state index in [0.717, 1.165) is 25.5 Å². The molecule has 4 heteroatoms. The molecule has 90 valence electrons. The van der Waals surface area contributed by atoms with Gasteiger partial charge in [0.25, 0.3) is 0 Å². The number of anilines is 1. The third-order valence-corrected chi connectivity index (χ3v) is 3.52. The van der Waals surface area contributed by atoms with Gasteiger partial charge in [-0.1, -0.05) is 13.8 Å². The summed E-state index contributed by atoms with van der Waals surface area (Å²) < 4.78 is 2.11. The molecule has 16 heavy (non-hydrogen) atoms. The molecular formula is C12H22N4. The van der Waals surface area contributed by atoms with Gasteiger partial charge in [-0.2, -0.15) is 0 Å². The lowest BCUT2D eigenvalue weighted by Gasteiger charge is -2.40. The Balaban J connectivity index is 2.18. The summed E-state index contributed by atoms with van der Waals surface area (Å²) >= 11 is 0. The first-order chi connectivity index (χ1) is 7.76. The molecule has 0 bridgehead atoms. The average molecular weight is 222 g/mol. The van der Waals surface area contributed by atoms with Crippen LogP contribution in [0.3, 0.4) is 0 Å². The van der Waals surface area contributed by atoms with E-state index in [2.05, 4.69) is 40.7 Å². The zero-order valence-electron chi connectivity index (χ0n) is 10.5. The molecule has 0 radical (unpaired) electrons. The van der Waals surface area contributed by atoms with Gasteiger partial charge in [-0.15, -0.1) is 0 Å². The van der Waals surface area contributed by atoms with Gasteiger partial charge in [0.15, 0.2) is 0 Å². The zero-order chi connectivity index (χ0) is 11.5. The van der Waals surface area contributed by atoms with Crippen LogP contribution in [0, 0.1) is 0 Å². The van der Waals surface area contributed by atoms with Crippen LogP contribution in [-0.4, -0.2) is 34.7 Å². The van der Waals surface area contributed by atoms with E-state index in [1.165, 1.54) is 6.42 Å². The molecule has 0 saturated carbocycles. The molecular weight excluding hydrogens is 200 g/mol. The van der Waals surface area contributed by atoms with Crippen LogP contribution in [0.5, 0.6) is 0 Å². The molecule has 0 amide bonds. The minimum Gasteiger partial charge on any atom is -0.336 e. The molecule has 1 saturated heterocycles. The van der Waals surface area contributed by atoms with Crippen LogP contribution in [0.15, 0.2) is 12.4 Å². The van der Waals surface area contributed by atoms with Gasteiger partial charge < -0.3 is 14.8 Å². The van der Waals surface area contributed by atoms with Gasteiger partial charge in [-0.3, -0.25) is 0 Å². The first kappa shape index (κ1) is 11.5. The largest absolute Gasteiger partial charge is 0.336 e. The molecule has 2 unspecified atom stereocenters. The summed E-state index contributed by atoms with van der Waals surface area (Å²) in [6.07, 6.45) is 6.24. The lowest BCUT2D eigenvalue weighted by molar-refractivity contribution is 0.372. The molecule has 0 aromatic carbocycles. The summed E-state index contributed by atoms with van der Waals surface area (Å²) in [6.45, 7) is 6.62. The Morgan fingerprint density at radius 2 is 2.25 bits per heavy atom. The Morgan fingerprint density at radius 3 is 2.81 bits per heavy atom. The van der Waals surface area contributed by atoms with E-state index in [1.807, 2.05) is 12.4 Å². The maximum absolute atomic E-state index is 4.47. The molecule has 0 spiro atoms. The van der Waals surface area contributed by atoms with Gasteiger partial charge in [-0.05, 0) is 12.8 Å². The summed E-state index contributed by atoms with van der Waals surface area (Å²) in [5.41, 5.74) is 0. The highest BCUT2D eigenvalue weighted by atomic mass is 15.3. The SMILES string of the molecule is CCC1CN(c2nccn2C)C(CC)CN1. The first-order valence-corrected chi connectivity index (χ1v) is 6.23. The van der Waals surface area contributed by atoms with Gasteiger partial charge in [0, 0.05) is 44.6 Å². The van der Waals surface area contributed by atoms with Crippen LogP contribution in [-0.2, 0) is 7.05 Å². The number of nitrogens with zero attached hydrogens (tertiary/aromatic N) is 3. The van der Waals surface area contributed by atoms with Crippen molar-refractivity contribution in [3.05, 3.63) is 12.4 Å². The first-order valence-electron chi connectivity index (χ1n) is 6.23. The zero-order valence-corrected chi connectivity index (χ0v) is 10.5. The van der Waals surface area contributed by atoms with Crippen LogP contribution in [0.1, 0.15) is 26.7 Å².